The molecule has 6 rings (SSSR count). The van der Waals surface area contributed by atoms with E-state index in [4.69, 9.17) is 0 Å². The molecule has 1 aliphatic heterocycles. The van der Waals surface area contributed by atoms with E-state index in [0.717, 1.165) is 42.7 Å². The number of fused-ring (bicyclic) bond motifs is 2. The summed E-state index contributed by atoms with van der Waals surface area (Å²) >= 11 is 1.63. The summed E-state index contributed by atoms with van der Waals surface area (Å²) in [5, 5.41) is 2.93. The van der Waals surface area contributed by atoms with Gasteiger partial charge in [0.1, 0.15) is 0 Å². The molecule has 1 aromatic rings. The van der Waals surface area contributed by atoms with E-state index >= 15 is 0 Å². The minimum Gasteiger partial charge on any atom is -0.272 e. The van der Waals surface area contributed by atoms with Gasteiger partial charge in [-0.25, -0.2) is 0 Å². The Morgan fingerprint density at radius 2 is 1.69 bits per heavy atom. The highest BCUT2D eigenvalue weighted by molar-refractivity contribution is 7.10. The first-order valence-electron chi connectivity index (χ1n) is 10.7. The molecule has 154 valence electrons. The van der Waals surface area contributed by atoms with Gasteiger partial charge >= 0.3 is 0 Å². The number of thiophene rings is 1. The van der Waals surface area contributed by atoms with E-state index < -0.39 is 0 Å². The predicted octanol–water partition coefficient (Wildman–Crippen LogP) is 3.74. The molecular weight excluding hydrogens is 384 g/mol. The monoisotopic (exact) mass is 412 g/mol. The topological polar surface area (TPSA) is 66.5 Å². The van der Waals surface area contributed by atoms with Crippen LogP contribution >= 0.6 is 11.3 Å². The second-order valence-electron chi connectivity index (χ2n) is 10.2. The van der Waals surface area contributed by atoms with E-state index in [0.29, 0.717) is 11.5 Å². The molecule has 29 heavy (non-hydrogen) atoms. The molecule has 5 aliphatic rings. The number of rotatable bonds is 2. The summed E-state index contributed by atoms with van der Waals surface area (Å²) in [6.07, 6.45) is 9.03. The first kappa shape index (κ1) is 19.0. The van der Waals surface area contributed by atoms with Gasteiger partial charge in [0, 0.05) is 10.3 Å². The third kappa shape index (κ3) is 2.90. The van der Waals surface area contributed by atoms with Crippen molar-refractivity contribution in [3.8, 4) is 0 Å². The summed E-state index contributed by atoms with van der Waals surface area (Å²) in [5.41, 5.74) is 4.66. The Balaban J connectivity index is 1.34. The number of allylic oxidation sites excluding steroid dienone is 2. The average Bonchev–Trinajstić information content (AvgIpc) is 3.24. The van der Waals surface area contributed by atoms with Crippen molar-refractivity contribution in [2.24, 2.45) is 35.0 Å². The number of nitrogens with one attached hydrogen (secondary N) is 1. The van der Waals surface area contributed by atoms with Gasteiger partial charge in [0.25, 0.3) is 17.7 Å². The highest BCUT2D eigenvalue weighted by Gasteiger charge is 2.57. The van der Waals surface area contributed by atoms with Crippen molar-refractivity contribution in [3.05, 3.63) is 33.5 Å². The minimum atomic E-state index is -0.322. The molecular formula is C23H28N2O3S. The zero-order valence-corrected chi connectivity index (χ0v) is 18.1. The molecule has 5 nitrogen and oxygen atoms in total. The number of carbonyl (C=O) groups excluding carboxylic acids is 3. The fourth-order valence-corrected chi connectivity index (χ4v) is 6.95. The molecule has 0 aromatic carbocycles. The second-order valence-corrected chi connectivity index (χ2v) is 11.1. The lowest BCUT2D eigenvalue weighted by Crippen LogP contribution is -2.47. The smallest absolute Gasteiger partial charge is 0.271 e. The van der Waals surface area contributed by atoms with Gasteiger partial charge < -0.3 is 0 Å². The molecule has 1 saturated heterocycles. The molecule has 3 amide bonds. The normalized spacial score (nSPS) is 33.1. The van der Waals surface area contributed by atoms with Crippen molar-refractivity contribution < 1.29 is 14.4 Å². The fourth-order valence-electron chi connectivity index (χ4n) is 5.79. The van der Waals surface area contributed by atoms with Crippen molar-refractivity contribution in [2.75, 3.05) is 0 Å². The van der Waals surface area contributed by atoms with Gasteiger partial charge in [0.05, 0.1) is 17.4 Å². The van der Waals surface area contributed by atoms with E-state index in [9.17, 15) is 14.4 Å². The lowest BCUT2D eigenvalue weighted by atomic mass is 9.63. The molecule has 2 fully saturated rings. The Labute approximate surface area is 175 Å². The Bertz CT molecular complexity index is 893. The van der Waals surface area contributed by atoms with Gasteiger partial charge in [0.2, 0.25) is 0 Å². The van der Waals surface area contributed by atoms with E-state index in [1.807, 2.05) is 5.38 Å². The van der Waals surface area contributed by atoms with Crippen LogP contribution in [0, 0.1) is 35.0 Å². The summed E-state index contributed by atoms with van der Waals surface area (Å²) in [5.74, 6) is -0.507. The van der Waals surface area contributed by atoms with Crippen molar-refractivity contribution in [1.82, 2.24) is 10.4 Å². The van der Waals surface area contributed by atoms with Gasteiger partial charge in [-0.2, -0.15) is 5.01 Å². The number of amides is 3. The van der Waals surface area contributed by atoms with E-state index in [2.05, 4.69) is 38.3 Å². The van der Waals surface area contributed by atoms with Crippen LogP contribution in [-0.2, 0) is 22.4 Å². The van der Waals surface area contributed by atoms with E-state index in [1.165, 1.54) is 4.88 Å². The Hall–Kier alpha value is -1.95. The van der Waals surface area contributed by atoms with Gasteiger partial charge in [-0.15, -0.1) is 11.3 Å². The number of hydrazine groups is 1. The highest BCUT2D eigenvalue weighted by Crippen LogP contribution is 2.49. The fraction of sp³-hybridized carbons (Fsp3) is 0.609. The molecule has 6 heteroatoms. The van der Waals surface area contributed by atoms with Crippen LogP contribution in [0.4, 0.5) is 0 Å². The lowest BCUT2D eigenvalue weighted by molar-refractivity contribution is -0.143. The van der Waals surface area contributed by atoms with E-state index in [1.54, 1.807) is 11.3 Å². The Morgan fingerprint density at radius 3 is 2.24 bits per heavy atom. The quantitative estimate of drug-likeness (QED) is 0.594. The molecule has 1 saturated carbocycles. The van der Waals surface area contributed by atoms with Gasteiger partial charge in [-0.05, 0) is 60.8 Å². The Morgan fingerprint density at radius 1 is 1.07 bits per heavy atom. The first-order valence-corrected chi connectivity index (χ1v) is 11.6. The first-order chi connectivity index (χ1) is 13.8. The van der Waals surface area contributed by atoms with Crippen LogP contribution in [0.3, 0.4) is 0 Å². The average molecular weight is 413 g/mol. The van der Waals surface area contributed by atoms with Crippen LogP contribution in [-0.4, -0.2) is 22.7 Å². The maximum Gasteiger partial charge on any atom is 0.271 e. The third-order valence-electron chi connectivity index (χ3n) is 7.60. The predicted molar refractivity (Wildman–Crippen MR) is 111 cm³/mol. The maximum atomic E-state index is 13.0. The molecule has 1 aromatic heterocycles. The summed E-state index contributed by atoms with van der Waals surface area (Å²) in [7, 11) is 0. The molecule has 2 heterocycles. The van der Waals surface area contributed by atoms with E-state index in [-0.39, 0.29) is 46.8 Å². The molecule has 5 unspecified atom stereocenters. The second kappa shape index (κ2) is 6.53. The molecule has 4 aliphatic carbocycles. The minimum absolute atomic E-state index is 0.131. The molecule has 2 bridgehead atoms. The number of hydrogen-bond acceptors (Lipinski definition) is 4. The van der Waals surface area contributed by atoms with Crippen LogP contribution in [0.5, 0.6) is 0 Å². The summed E-state index contributed by atoms with van der Waals surface area (Å²) in [4.78, 5) is 40.2. The van der Waals surface area contributed by atoms with Crippen LogP contribution in [0.25, 0.3) is 0 Å². The van der Waals surface area contributed by atoms with Crippen LogP contribution in [0.15, 0.2) is 17.5 Å². The SMILES string of the molecule is CC(C)(C)C1CCc2c(C(=O)NN3C(=O)C4C5C=CC(CC5)C4C3=O)csc2C1. The molecule has 0 radical (unpaired) electrons. The lowest BCUT2D eigenvalue weighted by Gasteiger charge is -2.37. The number of hydrogen-bond donors (Lipinski definition) is 1. The molecule has 0 spiro atoms. The van der Waals surface area contributed by atoms with Crippen LogP contribution in [0.2, 0.25) is 0 Å². The number of nitrogens with zero attached hydrogens (tertiary/aromatic N) is 1. The summed E-state index contributed by atoms with van der Waals surface area (Å²) in [6.45, 7) is 6.82. The standard InChI is InChI=1S/C23H28N2O3S/c1-23(2,3)14-8-9-15-16(11-29-17(15)10-14)20(26)24-25-21(27)18-12-4-5-13(7-6-12)19(18)22(25)28/h4-5,11-14,18-19H,6-10H2,1-3H3,(H,24,26). The maximum absolute atomic E-state index is 13.0. The van der Waals surface area contributed by atoms with Crippen LogP contribution < -0.4 is 5.43 Å². The molecule has 5 atom stereocenters. The summed E-state index contributed by atoms with van der Waals surface area (Å²) in [6, 6.07) is 0. The van der Waals surface area contributed by atoms with Crippen molar-refractivity contribution in [3.63, 3.8) is 0 Å². The van der Waals surface area contributed by atoms with Gasteiger partial charge in [0.15, 0.2) is 0 Å². The number of carbonyl (C=O) groups is 3. The van der Waals surface area contributed by atoms with Crippen molar-refractivity contribution in [2.45, 2.75) is 52.9 Å². The van der Waals surface area contributed by atoms with Gasteiger partial charge in [-0.1, -0.05) is 32.9 Å². The van der Waals surface area contributed by atoms with Crippen LogP contribution in [0.1, 0.15) is 60.8 Å². The highest BCUT2D eigenvalue weighted by atomic mass is 32.1. The Kier molecular flexibility index (Phi) is 4.28. The number of imide groups is 1. The largest absolute Gasteiger partial charge is 0.272 e. The zero-order valence-electron chi connectivity index (χ0n) is 17.2. The van der Waals surface area contributed by atoms with Gasteiger partial charge in [-0.3, -0.25) is 19.8 Å². The zero-order chi connectivity index (χ0) is 20.5. The van der Waals surface area contributed by atoms with Crippen molar-refractivity contribution >= 4 is 29.1 Å². The molecule has 1 N–H and O–H groups in total. The summed E-state index contributed by atoms with van der Waals surface area (Å²) < 4.78 is 0. The van der Waals surface area contributed by atoms with Crippen molar-refractivity contribution in [1.29, 1.82) is 0 Å². The third-order valence-corrected chi connectivity index (χ3v) is 8.65.